The average Bonchev–Trinajstić information content (AvgIpc) is 3.26. The molecule has 0 radical (unpaired) electrons. The number of hydrogen-bond acceptors (Lipinski definition) is 2. The van der Waals surface area contributed by atoms with Gasteiger partial charge in [-0.15, -0.1) is 0 Å². The Balaban J connectivity index is 0.00000185. The maximum atomic E-state index is 9.93. The Hall–Kier alpha value is -1.99. The molecule has 0 aliphatic rings. The van der Waals surface area contributed by atoms with Crippen molar-refractivity contribution in [1.29, 1.82) is 0 Å². The van der Waals surface area contributed by atoms with Crippen LogP contribution >= 0.6 is 0 Å². The third-order valence-electron chi connectivity index (χ3n) is 11.6. The summed E-state index contributed by atoms with van der Waals surface area (Å²) in [6.07, 6.45) is 44.6. The van der Waals surface area contributed by atoms with Crippen LogP contribution in [0.15, 0.2) is 93.5 Å². The van der Waals surface area contributed by atoms with Crippen LogP contribution in [0.2, 0.25) is 0 Å². The second-order valence-electron chi connectivity index (χ2n) is 17.8. The van der Waals surface area contributed by atoms with Gasteiger partial charge in [0, 0.05) is 0 Å². The zero-order valence-electron chi connectivity index (χ0n) is 40.0. The molecular formula is C54H87F6O2SSb. The number of rotatable bonds is 39. The topological polar surface area (TPSA) is 18.5 Å². The molecule has 64 heavy (non-hydrogen) atoms. The monoisotopic (exact) mass is 1030 g/mol. The van der Waals surface area contributed by atoms with E-state index in [1.165, 1.54) is 207 Å². The molecule has 3 rings (SSSR count). The van der Waals surface area contributed by atoms with Crippen LogP contribution in [-0.4, -0.2) is 32.7 Å². The molecule has 0 atom stereocenters. The molecule has 2 nitrogen and oxygen atoms in total. The molecule has 0 amide bonds. The Morgan fingerprint density at radius 2 is 0.531 bits per heavy atom. The molecule has 0 spiro atoms. The first kappa shape index (κ1) is 58.1. The normalized spacial score (nSPS) is 12.7. The van der Waals surface area contributed by atoms with Gasteiger partial charge in [-0.05, 0) is 73.5 Å². The number of halogens is 6. The molecule has 3 aromatic carbocycles. The van der Waals surface area contributed by atoms with Crippen LogP contribution in [-0.2, 0) is 10.9 Å². The maximum absolute atomic E-state index is 11.2. The Morgan fingerprint density at radius 3 is 0.781 bits per heavy atom. The molecule has 0 aliphatic heterocycles. The minimum atomic E-state index is -11.2. The Labute approximate surface area is 392 Å². The molecule has 0 unspecified atom stereocenters. The van der Waals surface area contributed by atoms with Gasteiger partial charge in [0.15, 0.2) is 14.7 Å². The van der Waals surface area contributed by atoms with Crippen LogP contribution < -0.4 is 9.47 Å². The molecule has 0 aromatic heterocycles. The van der Waals surface area contributed by atoms with Gasteiger partial charge in [-0.2, -0.15) is 0 Å². The molecule has 3 aromatic rings. The fourth-order valence-corrected chi connectivity index (χ4v) is 10.1. The quantitative estimate of drug-likeness (QED) is 0.0245. The molecule has 368 valence electrons. The molecule has 0 fully saturated rings. The summed E-state index contributed by atoms with van der Waals surface area (Å²) in [6, 6.07) is 28.7. The van der Waals surface area contributed by atoms with E-state index in [4.69, 9.17) is 9.47 Å². The molecule has 0 bridgehead atoms. The van der Waals surface area contributed by atoms with Gasteiger partial charge >= 0.3 is 36.4 Å². The first-order valence-electron chi connectivity index (χ1n) is 25.6. The van der Waals surface area contributed by atoms with E-state index < -0.39 is 19.5 Å². The summed E-state index contributed by atoms with van der Waals surface area (Å²) in [5, 5.41) is 0. The van der Waals surface area contributed by atoms with Crippen molar-refractivity contribution in [1.82, 2.24) is 0 Å². The summed E-state index contributed by atoms with van der Waals surface area (Å²) >= 11 is -11.2. The molecule has 0 saturated carbocycles. The van der Waals surface area contributed by atoms with Gasteiger partial charge in [0.2, 0.25) is 0 Å². The van der Waals surface area contributed by atoms with E-state index in [1.807, 2.05) is 0 Å². The van der Waals surface area contributed by atoms with E-state index in [0.29, 0.717) is 0 Å². The van der Waals surface area contributed by atoms with E-state index in [1.54, 1.807) is 0 Å². The third-order valence-corrected chi connectivity index (χ3v) is 13.9. The standard InChI is InChI=1S/C54H87O2S.6FH.Sb/c1-3-5-7-9-11-13-15-17-19-21-23-25-27-29-31-36-48-55-50-40-44-53(45-41-50)57(52-38-34-33-35-39-52)54-46-42-51(43-47-54)56-49-37-32-30-28-26-24-22-20-18-16-14-12-10-8-6-4-2;;;;;;;/h33-35,38-47H,3-32,36-37,48-49H2,1-2H3;6*1H;/q+1;;;;;;;+5/p-6. The summed E-state index contributed by atoms with van der Waals surface area (Å²) in [5.74, 6) is 1.96. The fourth-order valence-electron chi connectivity index (χ4n) is 7.99. The van der Waals surface area contributed by atoms with Crippen LogP contribution in [0.25, 0.3) is 0 Å². The molecule has 10 heteroatoms. The van der Waals surface area contributed by atoms with Crippen LogP contribution in [0.4, 0.5) is 16.9 Å². The van der Waals surface area contributed by atoms with Gasteiger partial charge in [-0.25, -0.2) is 0 Å². The van der Waals surface area contributed by atoms with Crippen molar-refractivity contribution in [2.45, 2.75) is 234 Å². The van der Waals surface area contributed by atoms with Gasteiger partial charge in [-0.1, -0.05) is 225 Å². The number of benzene rings is 3. The Bertz CT molecular complexity index is 1420. The summed E-state index contributed by atoms with van der Waals surface area (Å²) in [6.45, 7) is 6.22. The van der Waals surface area contributed by atoms with Crippen LogP contribution in [0, 0.1) is 0 Å². The van der Waals surface area contributed by atoms with E-state index in [2.05, 4.69) is 92.7 Å². The minimum absolute atomic E-state index is 0.179. The van der Waals surface area contributed by atoms with E-state index in [-0.39, 0.29) is 10.9 Å². The van der Waals surface area contributed by atoms with Crippen molar-refractivity contribution < 1.29 is 26.4 Å². The van der Waals surface area contributed by atoms with Gasteiger partial charge in [0.1, 0.15) is 11.5 Å². The number of unbranched alkanes of at least 4 members (excludes halogenated alkanes) is 30. The van der Waals surface area contributed by atoms with Gasteiger partial charge in [-0.3, -0.25) is 0 Å². The molecule has 0 aliphatic carbocycles. The van der Waals surface area contributed by atoms with E-state index >= 15 is 0 Å². The van der Waals surface area contributed by atoms with Crippen LogP contribution in [0.1, 0.15) is 219 Å². The molecule has 0 heterocycles. The van der Waals surface area contributed by atoms with Crippen LogP contribution in [0.5, 0.6) is 11.5 Å². The van der Waals surface area contributed by atoms with Crippen molar-refractivity contribution in [2.75, 3.05) is 13.2 Å². The zero-order valence-corrected chi connectivity index (χ0v) is 43.4. The first-order chi connectivity index (χ1) is 30.8. The SMILES string of the molecule is CCCCCCCCCCCCCCCCCCOc1ccc([S+](c2ccccc2)c2ccc(OCCCCCCCCCCCCCCCCCC)cc2)cc1.[F][Sb-]([F])([F])([F])([F])[F]. The molecule has 0 N–H and O–H groups in total. The van der Waals surface area contributed by atoms with Crippen molar-refractivity contribution in [3.63, 3.8) is 0 Å². The molecular weight excluding hydrogens is 948 g/mol. The van der Waals surface area contributed by atoms with Gasteiger partial charge in [0.25, 0.3) is 0 Å². The third kappa shape index (κ3) is 36.2. The Kier molecular flexibility index (Phi) is 31.2. The fraction of sp³-hybridized carbons (Fsp3) is 0.667. The van der Waals surface area contributed by atoms with Crippen LogP contribution in [0.3, 0.4) is 0 Å². The summed E-state index contributed by atoms with van der Waals surface area (Å²) in [5.41, 5.74) is 0. The second kappa shape index (κ2) is 34.3. The van der Waals surface area contributed by atoms with Crippen molar-refractivity contribution in [3.8, 4) is 11.5 Å². The Morgan fingerprint density at radius 1 is 0.312 bits per heavy atom. The predicted octanol–water partition coefficient (Wildman–Crippen LogP) is 20.2. The summed E-state index contributed by atoms with van der Waals surface area (Å²) in [4.78, 5) is 3.97. The van der Waals surface area contributed by atoms with E-state index in [0.717, 1.165) is 37.6 Å². The van der Waals surface area contributed by atoms with Crippen molar-refractivity contribution in [2.24, 2.45) is 0 Å². The number of hydrogen-bond donors (Lipinski definition) is 0. The zero-order chi connectivity index (χ0) is 46.5. The summed E-state index contributed by atoms with van der Waals surface area (Å²) < 4.78 is 71.9. The predicted molar refractivity (Wildman–Crippen MR) is 264 cm³/mol. The molecule has 0 saturated heterocycles. The average molecular weight is 1040 g/mol. The summed E-state index contributed by atoms with van der Waals surface area (Å²) in [7, 11) is -0.179. The van der Waals surface area contributed by atoms with Gasteiger partial charge in [0.05, 0.1) is 24.1 Å². The second-order valence-corrected chi connectivity index (χ2v) is 25.3. The van der Waals surface area contributed by atoms with Crippen molar-refractivity contribution >= 4 is 30.4 Å². The number of ether oxygens (including phenoxy) is 2. The van der Waals surface area contributed by atoms with Gasteiger partial charge < -0.3 is 9.47 Å². The van der Waals surface area contributed by atoms with Crippen molar-refractivity contribution in [3.05, 3.63) is 78.9 Å². The first-order valence-corrected chi connectivity index (χ1v) is 32.6. The van der Waals surface area contributed by atoms with E-state index in [9.17, 15) is 16.9 Å².